The quantitative estimate of drug-likeness (QED) is 0.908. The van der Waals surface area contributed by atoms with E-state index in [1.54, 1.807) is 7.11 Å². The van der Waals surface area contributed by atoms with E-state index in [0.717, 1.165) is 30.3 Å². The normalized spacial score (nSPS) is 10.5. The van der Waals surface area contributed by atoms with Gasteiger partial charge < -0.3 is 10.1 Å². The van der Waals surface area contributed by atoms with Gasteiger partial charge in [-0.3, -0.25) is 4.57 Å². The lowest BCUT2D eigenvalue weighted by Crippen LogP contribution is -2.06. The minimum absolute atomic E-state index is 0.591. The van der Waals surface area contributed by atoms with Gasteiger partial charge in [-0.15, -0.1) is 0 Å². The third kappa shape index (κ3) is 3.01. The van der Waals surface area contributed by atoms with Crippen LogP contribution in [0.1, 0.15) is 19.0 Å². The van der Waals surface area contributed by atoms with E-state index in [9.17, 15) is 0 Å². The van der Waals surface area contributed by atoms with Crippen LogP contribution in [0.25, 0.3) is 5.69 Å². The number of halogens is 1. The Labute approximate surface area is 118 Å². The molecule has 19 heavy (non-hydrogen) atoms. The third-order valence-corrected chi connectivity index (χ3v) is 3.07. The zero-order valence-corrected chi connectivity index (χ0v) is 12.2. The highest BCUT2D eigenvalue weighted by Gasteiger charge is 2.09. The van der Waals surface area contributed by atoms with Gasteiger partial charge in [0.1, 0.15) is 5.75 Å². The van der Waals surface area contributed by atoms with Crippen molar-refractivity contribution >= 4 is 17.5 Å². The smallest absolute Gasteiger partial charge is 0.207 e. The molecular weight excluding hydrogens is 262 g/mol. The molecule has 0 saturated carbocycles. The number of imidazole rings is 1. The average Bonchev–Trinajstić information content (AvgIpc) is 2.77. The summed E-state index contributed by atoms with van der Waals surface area (Å²) in [5.41, 5.74) is 1.93. The molecule has 1 aromatic heterocycles. The van der Waals surface area contributed by atoms with Gasteiger partial charge in [0.2, 0.25) is 5.95 Å². The number of aromatic nitrogens is 2. The van der Waals surface area contributed by atoms with E-state index in [2.05, 4.69) is 17.2 Å². The van der Waals surface area contributed by atoms with Crippen molar-refractivity contribution < 1.29 is 4.74 Å². The number of aryl methyl sites for hydroxylation is 1. The molecule has 0 fully saturated rings. The monoisotopic (exact) mass is 279 g/mol. The van der Waals surface area contributed by atoms with Crippen molar-refractivity contribution in [2.75, 3.05) is 19.0 Å². The first kappa shape index (κ1) is 13.7. The van der Waals surface area contributed by atoms with Gasteiger partial charge in [-0.1, -0.05) is 18.5 Å². The molecule has 0 aliphatic carbocycles. The Morgan fingerprint density at radius 1 is 1.42 bits per heavy atom. The Kier molecular flexibility index (Phi) is 4.32. The lowest BCUT2D eigenvalue weighted by Gasteiger charge is -2.10. The average molecular weight is 280 g/mol. The van der Waals surface area contributed by atoms with Crippen LogP contribution in [-0.2, 0) is 0 Å². The molecule has 0 aliphatic heterocycles. The van der Waals surface area contributed by atoms with Crippen LogP contribution in [0.4, 0.5) is 5.95 Å². The van der Waals surface area contributed by atoms with Crippen molar-refractivity contribution in [2.24, 2.45) is 0 Å². The maximum atomic E-state index is 6.16. The SMILES string of the molecule is CCCNc1nc(C)cn1-c1ccc(OC)c(Cl)c1. The summed E-state index contributed by atoms with van der Waals surface area (Å²) in [7, 11) is 1.61. The van der Waals surface area contributed by atoms with Gasteiger partial charge >= 0.3 is 0 Å². The summed E-state index contributed by atoms with van der Waals surface area (Å²) in [6.45, 7) is 4.98. The van der Waals surface area contributed by atoms with Gasteiger partial charge in [0.25, 0.3) is 0 Å². The first-order chi connectivity index (χ1) is 9.15. The second kappa shape index (κ2) is 5.97. The Morgan fingerprint density at radius 2 is 2.21 bits per heavy atom. The van der Waals surface area contributed by atoms with E-state index in [1.165, 1.54) is 0 Å². The zero-order chi connectivity index (χ0) is 13.8. The first-order valence-electron chi connectivity index (χ1n) is 6.29. The number of nitrogens with zero attached hydrogens (tertiary/aromatic N) is 2. The summed E-state index contributed by atoms with van der Waals surface area (Å²) in [5.74, 6) is 1.51. The zero-order valence-electron chi connectivity index (χ0n) is 11.4. The highest BCUT2D eigenvalue weighted by molar-refractivity contribution is 6.32. The maximum Gasteiger partial charge on any atom is 0.207 e. The second-order valence-electron chi connectivity index (χ2n) is 4.32. The molecule has 0 atom stereocenters. The van der Waals surface area contributed by atoms with Crippen molar-refractivity contribution in [1.29, 1.82) is 0 Å². The molecule has 0 radical (unpaired) electrons. The number of hydrogen-bond donors (Lipinski definition) is 1. The predicted octanol–water partition coefficient (Wildman–Crippen LogP) is 3.66. The van der Waals surface area contributed by atoms with Crippen molar-refractivity contribution in [2.45, 2.75) is 20.3 Å². The molecule has 2 rings (SSSR count). The van der Waals surface area contributed by atoms with E-state index in [-0.39, 0.29) is 0 Å². The van der Waals surface area contributed by atoms with E-state index < -0.39 is 0 Å². The Hall–Kier alpha value is -1.68. The Morgan fingerprint density at radius 3 is 2.84 bits per heavy atom. The summed E-state index contributed by atoms with van der Waals surface area (Å²) in [6, 6.07) is 5.69. The minimum Gasteiger partial charge on any atom is -0.495 e. The third-order valence-electron chi connectivity index (χ3n) is 2.77. The van der Waals surface area contributed by atoms with Crippen LogP contribution in [0.3, 0.4) is 0 Å². The molecule has 5 heteroatoms. The van der Waals surface area contributed by atoms with Crippen LogP contribution in [-0.4, -0.2) is 23.2 Å². The molecule has 2 aromatic rings. The highest BCUT2D eigenvalue weighted by atomic mass is 35.5. The van der Waals surface area contributed by atoms with Gasteiger partial charge in [-0.25, -0.2) is 4.98 Å². The fourth-order valence-electron chi connectivity index (χ4n) is 1.86. The fraction of sp³-hybridized carbons (Fsp3) is 0.357. The van der Waals surface area contributed by atoms with Gasteiger partial charge in [0.05, 0.1) is 23.5 Å². The molecule has 4 nitrogen and oxygen atoms in total. The van der Waals surface area contributed by atoms with E-state index in [0.29, 0.717) is 10.8 Å². The number of nitrogens with one attached hydrogen (secondary N) is 1. The number of methoxy groups -OCH3 is 1. The molecule has 0 unspecified atom stereocenters. The largest absolute Gasteiger partial charge is 0.495 e. The van der Waals surface area contributed by atoms with E-state index in [4.69, 9.17) is 16.3 Å². The highest BCUT2D eigenvalue weighted by Crippen LogP contribution is 2.28. The lowest BCUT2D eigenvalue weighted by molar-refractivity contribution is 0.415. The molecule has 1 N–H and O–H groups in total. The van der Waals surface area contributed by atoms with Crippen LogP contribution in [0.2, 0.25) is 5.02 Å². The second-order valence-corrected chi connectivity index (χ2v) is 4.73. The van der Waals surface area contributed by atoms with Crippen LogP contribution < -0.4 is 10.1 Å². The van der Waals surface area contributed by atoms with Gasteiger partial charge in [-0.2, -0.15) is 0 Å². The molecule has 0 amide bonds. The standard InChI is InChI=1S/C14H18ClN3O/c1-4-7-16-14-17-10(2)9-18(14)11-5-6-13(19-3)12(15)8-11/h5-6,8-9H,4,7H2,1-3H3,(H,16,17). The van der Waals surface area contributed by atoms with Gasteiger partial charge in [0.15, 0.2) is 0 Å². The molecule has 0 saturated heterocycles. The summed E-state index contributed by atoms with van der Waals surface area (Å²) in [4.78, 5) is 4.47. The molecule has 0 spiro atoms. The molecule has 1 heterocycles. The van der Waals surface area contributed by atoms with Gasteiger partial charge in [-0.05, 0) is 31.5 Å². The fourth-order valence-corrected chi connectivity index (χ4v) is 2.11. The molecule has 1 aromatic carbocycles. The predicted molar refractivity (Wildman–Crippen MR) is 78.6 cm³/mol. The van der Waals surface area contributed by atoms with Gasteiger partial charge in [0, 0.05) is 12.7 Å². The van der Waals surface area contributed by atoms with Crippen LogP contribution in [0, 0.1) is 6.92 Å². The lowest BCUT2D eigenvalue weighted by atomic mass is 10.3. The van der Waals surface area contributed by atoms with Crippen molar-refractivity contribution in [3.8, 4) is 11.4 Å². The first-order valence-corrected chi connectivity index (χ1v) is 6.67. The maximum absolute atomic E-state index is 6.16. The molecule has 102 valence electrons. The summed E-state index contributed by atoms with van der Waals surface area (Å²) in [5, 5.41) is 3.90. The minimum atomic E-state index is 0.591. The van der Waals surface area contributed by atoms with Crippen LogP contribution in [0.5, 0.6) is 5.75 Å². The summed E-state index contributed by atoms with van der Waals surface area (Å²) in [6.07, 6.45) is 3.03. The molecular formula is C14H18ClN3O. The van der Waals surface area contributed by atoms with E-state index in [1.807, 2.05) is 35.9 Å². The Balaban J connectivity index is 2.37. The van der Waals surface area contributed by atoms with Crippen molar-refractivity contribution in [3.05, 3.63) is 35.1 Å². The van der Waals surface area contributed by atoms with Crippen molar-refractivity contribution in [3.63, 3.8) is 0 Å². The van der Waals surface area contributed by atoms with Crippen molar-refractivity contribution in [1.82, 2.24) is 9.55 Å². The number of benzene rings is 1. The Bertz CT molecular complexity index is 566. The van der Waals surface area contributed by atoms with Crippen LogP contribution >= 0.6 is 11.6 Å². The molecule has 0 aliphatic rings. The van der Waals surface area contributed by atoms with E-state index >= 15 is 0 Å². The number of rotatable bonds is 5. The topological polar surface area (TPSA) is 39.1 Å². The summed E-state index contributed by atoms with van der Waals surface area (Å²) < 4.78 is 7.16. The molecule has 0 bridgehead atoms. The van der Waals surface area contributed by atoms with Crippen LogP contribution in [0.15, 0.2) is 24.4 Å². The number of hydrogen-bond acceptors (Lipinski definition) is 3. The summed E-state index contributed by atoms with van der Waals surface area (Å²) >= 11 is 6.16. The number of ether oxygens (including phenoxy) is 1. The number of anilines is 1.